The Labute approximate surface area is 163 Å². The van der Waals surface area contributed by atoms with Crippen LogP contribution in [-0.4, -0.2) is 58.1 Å². The van der Waals surface area contributed by atoms with E-state index in [9.17, 15) is 8.42 Å². The summed E-state index contributed by atoms with van der Waals surface area (Å²) in [5.41, 5.74) is 0.870. The normalized spacial score (nSPS) is 16.3. The van der Waals surface area contributed by atoms with Crippen molar-refractivity contribution in [3.05, 3.63) is 29.8 Å². The lowest BCUT2D eigenvalue weighted by molar-refractivity contribution is 0.152. The number of sulfonamides is 1. The van der Waals surface area contributed by atoms with Crippen molar-refractivity contribution in [3.63, 3.8) is 0 Å². The lowest BCUT2D eigenvalue weighted by Crippen LogP contribution is -2.39. The predicted molar refractivity (Wildman–Crippen MR) is 108 cm³/mol. The molecule has 0 radical (unpaired) electrons. The Bertz CT molecular complexity index is 701. The molecule has 0 saturated carbocycles. The van der Waals surface area contributed by atoms with Crippen LogP contribution in [0, 0.1) is 0 Å². The molecule has 1 aromatic rings. The average molecular weight is 397 g/mol. The Morgan fingerprint density at radius 3 is 2.67 bits per heavy atom. The van der Waals surface area contributed by atoms with Crippen LogP contribution >= 0.6 is 0 Å². The molecule has 0 spiro atoms. The molecule has 0 unspecified atom stereocenters. The number of benzene rings is 1. The first kappa shape index (κ1) is 21.7. The zero-order valence-corrected chi connectivity index (χ0v) is 17.2. The van der Waals surface area contributed by atoms with Crippen LogP contribution in [0.3, 0.4) is 0 Å². The number of hydrogen-bond donors (Lipinski definition) is 2. The van der Waals surface area contributed by atoms with Crippen molar-refractivity contribution in [3.8, 4) is 0 Å². The molecule has 0 atom stereocenters. The molecule has 152 valence electrons. The largest absolute Gasteiger partial charge is 0.380 e. The number of ether oxygens (including phenoxy) is 1. The van der Waals surface area contributed by atoms with Gasteiger partial charge in [0.2, 0.25) is 10.0 Å². The van der Waals surface area contributed by atoms with Crippen LogP contribution in [0.5, 0.6) is 0 Å². The molecule has 0 bridgehead atoms. The Hall–Kier alpha value is -1.64. The smallest absolute Gasteiger partial charge is 0.243 e. The van der Waals surface area contributed by atoms with Crippen LogP contribution in [0.4, 0.5) is 0 Å². The summed E-state index contributed by atoms with van der Waals surface area (Å²) in [6, 6.07) is 7.10. The second-order valence-corrected chi connectivity index (χ2v) is 8.37. The number of nitrogens with one attached hydrogen (secondary N) is 2. The highest BCUT2D eigenvalue weighted by atomic mass is 32.2. The van der Waals surface area contributed by atoms with Crippen molar-refractivity contribution in [2.75, 3.05) is 39.4 Å². The summed E-state index contributed by atoms with van der Waals surface area (Å²) in [6.07, 6.45) is 2.97. The first-order valence-corrected chi connectivity index (χ1v) is 11.2. The van der Waals surface area contributed by atoms with Crippen LogP contribution in [0.1, 0.15) is 38.7 Å². The van der Waals surface area contributed by atoms with E-state index in [0.717, 1.165) is 31.4 Å². The molecule has 0 amide bonds. The molecule has 1 heterocycles. The van der Waals surface area contributed by atoms with Crippen molar-refractivity contribution in [1.29, 1.82) is 0 Å². The molecule has 2 rings (SSSR count). The van der Waals surface area contributed by atoms with E-state index in [2.05, 4.69) is 15.6 Å². The highest BCUT2D eigenvalue weighted by Gasteiger charge is 2.25. The fourth-order valence-electron chi connectivity index (χ4n) is 2.96. The van der Waals surface area contributed by atoms with Gasteiger partial charge in [0.05, 0.1) is 18.0 Å². The van der Waals surface area contributed by atoms with Gasteiger partial charge in [-0.25, -0.2) is 13.4 Å². The minimum Gasteiger partial charge on any atom is -0.380 e. The monoisotopic (exact) mass is 396 g/mol. The van der Waals surface area contributed by atoms with Gasteiger partial charge in [0.1, 0.15) is 0 Å². The Balaban J connectivity index is 2.04. The van der Waals surface area contributed by atoms with Gasteiger partial charge in [-0.05, 0) is 44.4 Å². The number of rotatable bonds is 9. The van der Waals surface area contributed by atoms with Crippen molar-refractivity contribution in [2.45, 2.75) is 44.6 Å². The maximum absolute atomic E-state index is 12.8. The molecule has 7 nitrogen and oxygen atoms in total. The third-order valence-electron chi connectivity index (χ3n) is 4.36. The lowest BCUT2D eigenvalue weighted by atomic mass is 10.2. The quantitative estimate of drug-likeness (QED) is 0.379. The molecule has 1 aliphatic heterocycles. The minimum absolute atomic E-state index is 0.353. The number of aliphatic imine (C=N–C) groups is 1. The Kier molecular flexibility index (Phi) is 9.03. The SMILES string of the molecule is CCNC(=NCc1cccc(S(=O)(=O)N2CCCCC2)c1)NCCOCC. The fourth-order valence-corrected chi connectivity index (χ4v) is 4.54. The summed E-state index contributed by atoms with van der Waals surface area (Å²) in [5, 5.41) is 6.39. The van der Waals surface area contributed by atoms with E-state index in [4.69, 9.17) is 4.74 Å². The average Bonchev–Trinajstić information content (AvgIpc) is 2.70. The maximum Gasteiger partial charge on any atom is 0.243 e. The first-order chi connectivity index (χ1) is 13.1. The van der Waals surface area contributed by atoms with E-state index < -0.39 is 10.0 Å². The predicted octanol–water partition coefficient (Wildman–Crippen LogP) is 1.95. The van der Waals surface area contributed by atoms with Gasteiger partial charge < -0.3 is 15.4 Å². The van der Waals surface area contributed by atoms with E-state index in [1.54, 1.807) is 22.5 Å². The molecule has 1 aromatic carbocycles. The zero-order valence-electron chi connectivity index (χ0n) is 16.4. The second kappa shape index (κ2) is 11.3. The van der Waals surface area contributed by atoms with Crippen LogP contribution in [0.15, 0.2) is 34.2 Å². The summed E-state index contributed by atoms with van der Waals surface area (Å²) >= 11 is 0. The summed E-state index contributed by atoms with van der Waals surface area (Å²) in [7, 11) is -3.42. The molecule has 0 aliphatic carbocycles. The second-order valence-electron chi connectivity index (χ2n) is 6.43. The molecule has 27 heavy (non-hydrogen) atoms. The van der Waals surface area contributed by atoms with Gasteiger partial charge in [0.25, 0.3) is 0 Å². The minimum atomic E-state index is -3.42. The van der Waals surface area contributed by atoms with Crippen molar-refractivity contribution in [1.82, 2.24) is 14.9 Å². The van der Waals surface area contributed by atoms with E-state index in [-0.39, 0.29) is 0 Å². The number of guanidine groups is 1. The third kappa shape index (κ3) is 6.79. The Morgan fingerprint density at radius 1 is 1.19 bits per heavy atom. The van der Waals surface area contributed by atoms with Gasteiger partial charge in [-0.3, -0.25) is 0 Å². The van der Waals surface area contributed by atoms with Crippen molar-refractivity contribution < 1.29 is 13.2 Å². The molecular weight excluding hydrogens is 364 g/mol. The van der Waals surface area contributed by atoms with E-state index >= 15 is 0 Å². The van der Waals surface area contributed by atoms with Gasteiger partial charge in [-0.2, -0.15) is 4.31 Å². The standard InChI is InChI=1S/C19H32N4O3S/c1-3-20-19(21-11-14-26-4-2)22-16-17-9-8-10-18(15-17)27(24,25)23-12-6-5-7-13-23/h8-10,15H,3-7,11-14,16H2,1-2H3,(H2,20,21,22). The van der Waals surface area contributed by atoms with Gasteiger partial charge in [-0.15, -0.1) is 0 Å². The molecule has 2 N–H and O–H groups in total. The van der Waals surface area contributed by atoms with Gasteiger partial charge in [0.15, 0.2) is 5.96 Å². The number of hydrogen-bond acceptors (Lipinski definition) is 4. The van der Waals surface area contributed by atoms with Crippen molar-refractivity contribution in [2.24, 2.45) is 4.99 Å². The molecule has 1 saturated heterocycles. The van der Waals surface area contributed by atoms with Crippen LogP contribution < -0.4 is 10.6 Å². The van der Waals surface area contributed by atoms with Gasteiger partial charge in [0, 0.05) is 32.8 Å². The fraction of sp³-hybridized carbons (Fsp3) is 0.632. The molecular formula is C19H32N4O3S. The maximum atomic E-state index is 12.8. The number of piperidine rings is 1. The summed E-state index contributed by atoms with van der Waals surface area (Å²) in [5.74, 6) is 0.696. The van der Waals surface area contributed by atoms with Crippen molar-refractivity contribution >= 4 is 16.0 Å². The first-order valence-electron chi connectivity index (χ1n) is 9.77. The molecule has 1 aliphatic rings. The summed E-state index contributed by atoms with van der Waals surface area (Å²) in [6.45, 7) is 8.33. The molecule has 8 heteroatoms. The molecule has 0 aromatic heterocycles. The van der Waals surface area contributed by atoms with Crippen LogP contribution in [-0.2, 0) is 21.3 Å². The Morgan fingerprint density at radius 2 is 1.96 bits per heavy atom. The van der Waals surface area contributed by atoms with E-state index in [0.29, 0.717) is 50.2 Å². The highest BCUT2D eigenvalue weighted by molar-refractivity contribution is 7.89. The highest BCUT2D eigenvalue weighted by Crippen LogP contribution is 2.21. The molecule has 1 fully saturated rings. The van der Waals surface area contributed by atoms with E-state index in [1.807, 2.05) is 19.9 Å². The van der Waals surface area contributed by atoms with Gasteiger partial charge in [-0.1, -0.05) is 18.6 Å². The summed E-state index contributed by atoms with van der Waals surface area (Å²) in [4.78, 5) is 4.90. The zero-order chi connectivity index (χ0) is 19.5. The van der Waals surface area contributed by atoms with E-state index in [1.165, 1.54) is 0 Å². The van der Waals surface area contributed by atoms with Crippen LogP contribution in [0.25, 0.3) is 0 Å². The lowest BCUT2D eigenvalue weighted by Gasteiger charge is -2.26. The number of nitrogens with zero attached hydrogens (tertiary/aromatic N) is 2. The van der Waals surface area contributed by atoms with Crippen LogP contribution in [0.2, 0.25) is 0 Å². The topological polar surface area (TPSA) is 83.0 Å². The third-order valence-corrected chi connectivity index (χ3v) is 6.25. The summed E-state index contributed by atoms with van der Waals surface area (Å²) < 4.78 is 32.6. The van der Waals surface area contributed by atoms with Gasteiger partial charge >= 0.3 is 0 Å².